The molecule has 0 amide bonds. The summed E-state index contributed by atoms with van der Waals surface area (Å²) in [5.74, 6) is 0.983. The predicted molar refractivity (Wildman–Crippen MR) is 110 cm³/mol. The molecule has 1 heterocycles. The number of amidine groups is 1. The Labute approximate surface area is 162 Å². The van der Waals surface area contributed by atoms with E-state index >= 15 is 0 Å². The van der Waals surface area contributed by atoms with Gasteiger partial charge in [-0.3, -0.25) is 5.41 Å². The van der Waals surface area contributed by atoms with Gasteiger partial charge in [-0.1, -0.05) is 36.4 Å². The van der Waals surface area contributed by atoms with Crippen LogP contribution in [0.15, 0.2) is 66.7 Å². The number of H-pyrrole nitrogens is 1. The number of nitrogen functional groups attached to an aromatic ring is 1. The number of aromatic nitrogens is 2. The maximum Gasteiger partial charge on any atom is 0.168 e. The first-order valence-corrected chi connectivity index (χ1v) is 8.95. The van der Waals surface area contributed by atoms with Crippen molar-refractivity contribution in [3.05, 3.63) is 77.9 Å². The highest BCUT2D eigenvalue weighted by atomic mass is 16.5. The van der Waals surface area contributed by atoms with E-state index in [1.807, 2.05) is 36.4 Å². The zero-order valence-corrected chi connectivity index (χ0v) is 15.1. The summed E-state index contributed by atoms with van der Waals surface area (Å²) < 4.78 is 5.79. The Morgan fingerprint density at radius 2 is 1.89 bits per heavy atom. The third-order valence-corrected chi connectivity index (χ3v) is 4.54. The number of para-hydroxylation sites is 1. The van der Waals surface area contributed by atoms with Gasteiger partial charge >= 0.3 is 0 Å². The summed E-state index contributed by atoms with van der Waals surface area (Å²) in [6, 6.07) is 20.7. The van der Waals surface area contributed by atoms with Gasteiger partial charge in [0.05, 0.1) is 23.2 Å². The molecule has 5 N–H and O–H groups in total. The van der Waals surface area contributed by atoms with Gasteiger partial charge in [0.15, 0.2) is 11.5 Å². The topological polar surface area (TPSA) is 108 Å². The number of phenolic OH excluding ortho intramolecular Hbond substituents is 1. The van der Waals surface area contributed by atoms with Crippen molar-refractivity contribution in [1.29, 1.82) is 5.41 Å². The predicted octanol–water partition coefficient (Wildman–Crippen LogP) is 3.84. The summed E-state index contributed by atoms with van der Waals surface area (Å²) in [4.78, 5) is 7.71. The van der Waals surface area contributed by atoms with Crippen molar-refractivity contribution in [2.24, 2.45) is 5.73 Å². The number of aromatic amines is 1. The lowest BCUT2D eigenvalue weighted by molar-refractivity contribution is 0.303. The summed E-state index contributed by atoms with van der Waals surface area (Å²) in [6.07, 6.45) is 0.753. The molecule has 4 aromatic rings. The lowest BCUT2D eigenvalue weighted by atomic mass is 10.1. The lowest BCUT2D eigenvalue weighted by Gasteiger charge is -2.10. The molecule has 28 heavy (non-hydrogen) atoms. The molecule has 0 unspecified atom stereocenters. The van der Waals surface area contributed by atoms with Crippen LogP contribution in [0.2, 0.25) is 0 Å². The molecule has 4 rings (SSSR count). The minimum Gasteiger partial charge on any atom is -0.504 e. The minimum absolute atomic E-state index is 0.00490. The largest absolute Gasteiger partial charge is 0.504 e. The maximum atomic E-state index is 10.7. The molecule has 0 atom stereocenters. The normalized spacial score (nSPS) is 10.9. The monoisotopic (exact) mass is 372 g/mol. The molecular formula is C22H20N4O2. The van der Waals surface area contributed by atoms with E-state index < -0.39 is 0 Å². The molecule has 0 aliphatic carbocycles. The number of nitrogens with two attached hydrogens (primary N) is 1. The van der Waals surface area contributed by atoms with Crippen molar-refractivity contribution >= 4 is 16.9 Å². The van der Waals surface area contributed by atoms with Crippen molar-refractivity contribution < 1.29 is 9.84 Å². The molecule has 0 saturated heterocycles. The highest BCUT2D eigenvalue weighted by Gasteiger charge is 2.14. The third kappa shape index (κ3) is 3.53. The summed E-state index contributed by atoms with van der Waals surface area (Å²) in [7, 11) is 0. The second-order valence-electron chi connectivity index (χ2n) is 6.47. The van der Waals surface area contributed by atoms with Crippen molar-refractivity contribution in [1.82, 2.24) is 9.97 Å². The van der Waals surface area contributed by atoms with Crippen LogP contribution in [0.25, 0.3) is 22.4 Å². The SMILES string of the molecule is N=C(N)c1ccc2nc(-c3cccc(OCCc4ccccc4)c3O)[nH]c2c1. The van der Waals surface area contributed by atoms with Crippen LogP contribution < -0.4 is 10.5 Å². The second kappa shape index (κ2) is 7.44. The van der Waals surface area contributed by atoms with E-state index in [1.165, 1.54) is 5.56 Å². The fourth-order valence-electron chi connectivity index (χ4n) is 3.06. The molecule has 140 valence electrons. The van der Waals surface area contributed by atoms with Crippen LogP contribution in [0.3, 0.4) is 0 Å². The van der Waals surface area contributed by atoms with Gasteiger partial charge in [0, 0.05) is 12.0 Å². The van der Waals surface area contributed by atoms with E-state index in [1.54, 1.807) is 30.3 Å². The Bertz CT molecular complexity index is 1140. The van der Waals surface area contributed by atoms with Gasteiger partial charge < -0.3 is 20.6 Å². The van der Waals surface area contributed by atoms with Crippen molar-refractivity contribution in [2.45, 2.75) is 6.42 Å². The van der Waals surface area contributed by atoms with Crippen molar-refractivity contribution in [2.75, 3.05) is 6.61 Å². The molecule has 6 nitrogen and oxygen atoms in total. The number of imidazole rings is 1. The van der Waals surface area contributed by atoms with E-state index in [0.29, 0.717) is 29.3 Å². The highest BCUT2D eigenvalue weighted by Crippen LogP contribution is 2.36. The number of benzene rings is 3. The molecular weight excluding hydrogens is 352 g/mol. The number of nitrogens with zero attached hydrogens (tertiary/aromatic N) is 1. The summed E-state index contributed by atoms with van der Waals surface area (Å²) in [5.41, 5.74) is 9.37. The number of hydrogen-bond acceptors (Lipinski definition) is 4. The molecule has 0 bridgehead atoms. The van der Waals surface area contributed by atoms with Gasteiger partial charge in [0.25, 0.3) is 0 Å². The molecule has 0 radical (unpaired) electrons. The van der Waals surface area contributed by atoms with Crippen LogP contribution in [-0.2, 0) is 6.42 Å². The molecule has 1 aromatic heterocycles. The molecule has 3 aromatic carbocycles. The smallest absolute Gasteiger partial charge is 0.168 e. The Kier molecular flexibility index (Phi) is 4.68. The third-order valence-electron chi connectivity index (χ3n) is 4.54. The quantitative estimate of drug-likeness (QED) is 0.305. The first-order chi connectivity index (χ1) is 13.6. The summed E-state index contributed by atoms with van der Waals surface area (Å²) in [6.45, 7) is 0.461. The molecule has 0 saturated carbocycles. The van der Waals surface area contributed by atoms with Gasteiger partial charge in [-0.15, -0.1) is 0 Å². The van der Waals surface area contributed by atoms with Gasteiger partial charge in [-0.2, -0.15) is 0 Å². The van der Waals surface area contributed by atoms with Gasteiger partial charge in [-0.25, -0.2) is 4.98 Å². The molecule has 0 aliphatic heterocycles. The lowest BCUT2D eigenvalue weighted by Crippen LogP contribution is -2.10. The van der Waals surface area contributed by atoms with E-state index in [-0.39, 0.29) is 11.6 Å². The first-order valence-electron chi connectivity index (χ1n) is 8.95. The van der Waals surface area contributed by atoms with E-state index in [9.17, 15) is 5.11 Å². The molecule has 0 aliphatic rings. The Morgan fingerprint density at radius 3 is 2.68 bits per heavy atom. The minimum atomic E-state index is -0.00490. The average molecular weight is 372 g/mol. The van der Waals surface area contributed by atoms with E-state index in [2.05, 4.69) is 9.97 Å². The van der Waals surface area contributed by atoms with Crippen LogP contribution in [0.4, 0.5) is 0 Å². The van der Waals surface area contributed by atoms with Crippen LogP contribution in [0.5, 0.6) is 11.5 Å². The van der Waals surface area contributed by atoms with Gasteiger partial charge in [-0.05, 0) is 35.9 Å². The van der Waals surface area contributed by atoms with E-state index in [0.717, 1.165) is 17.5 Å². The first kappa shape index (κ1) is 17.6. The number of rotatable bonds is 6. The summed E-state index contributed by atoms with van der Waals surface area (Å²) >= 11 is 0. The maximum absolute atomic E-state index is 10.7. The fraction of sp³-hybridized carbons (Fsp3) is 0.0909. The molecule has 0 spiro atoms. The fourth-order valence-corrected chi connectivity index (χ4v) is 3.06. The van der Waals surface area contributed by atoms with Gasteiger partial charge in [0.2, 0.25) is 0 Å². The zero-order valence-electron chi connectivity index (χ0n) is 15.1. The number of hydrogen-bond donors (Lipinski definition) is 4. The Morgan fingerprint density at radius 1 is 1.07 bits per heavy atom. The zero-order chi connectivity index (χ0) is 19.5. The number of fused-ring (bicyclic) bond motifs is 1. The number of aromatic hydroxyl groups is 1. The highest BCUT2D eigenvalue weighted by molar-refractivity contribution is 5.98. The van der Waals surface area contributed by atoms with Crippen LogP contribution in [-0.4, -0.2) is 27.5 Å². The summed E-state index contributed by atoms with van der Waals surface area (Å²) in [5, 5.41) is 18.2. The number of ether oxygens (including phenoxy) is 1. The molecule has 0 fully saturated rings. The number of phenols is 1. The Hall–Kier alpha value is -3.80. The van der Waals surface area contributed by atoms with Crippen LogP contribution >= 0.6 is 0 Å². The van der Waals surface area contributed by atoms with Crippen molar-refractivity contribution in [3.63, 3.8) is 0 Å². The second-order valence-corrected chi connectivity index (χ2v) is 6.47. The number of nitrogens with one attached hydrogen (secondary N) is 2. The molecule has 6 heteroatoms. The Balaban J connectivity index is 1.57. The standard InChI is InChI=1S/C22H20N4O2/c23-21(24)15-9-10-17-18(13-15)26-22(25-17)16-7-4-8-19(20(16)27)28-12-11-14-5-2-1-3-6-14/h1-10,13,27H,11-12H2,(H3,23,24)(H,25,26). The van der Waals surface area contributed by atoms with Crippen LogP contribution in [0, 0.1) is 5.41 Å². The average Bonchev–Trinajstić information content (AvgIpc) is 3.13. The van der Waals surface area contributed by atoms with Gasteiger partial charge in [0.1, 0.15) is 11.7 Å². The van der Waals surface area contributed by atoms with Crippen molar-refractivity contribution in [3.8, 4) is 22.9 Å². The van der Waals surface area contributed by atoms with Crippen LogP contribution in [0.1, 0.15) is 11.1 Å². The van der Waals surface area contributed by atoms with E-state index in [4.69, 9.17) is 15.9 Å².